The summed E-state index contributed by atoms with van der Waals surface area (Å²) in [4.78, 5) is 11.1. The number of rotatable bonds is 3. The van der Waals surface area contributed by atoms with Gasteiger partial charge in [0.2, 0.25) is 0 Å². The van der Waals surface area contributed by atoms with E-state index in [-0.39, 0.29) is 11.1 Å². The van der Waals surface area contributed by atoms with E-state index in [0.29, 0.717) is 12.4 Å². The van der Waals surface area contributed by atoms with Gasteiger partial charge in [-0.05, 0) is 12.8 Å². The first-order chi connectivity index (χ1) is 7.27. The Hall–Kier alpha value is -1.07. The molecule has 0 radical (unpaired) electrons. The molecule has 0 aromatic carbocycles. The molecule has 1 unspecified atom stereocenters. The van der Waals surface area contributed by atoms with Crippen LogP contribution < -0.4 is 10.3 Å². The van der Waals surface area contributed by atoms with Crippen molar-refractivity contribution in [2.45, 2.75) is 18.9 Å². The first kappa shape index (κ1) is 10.4. The highest BCUT2D eigenvalue weighted by Gasteiger charge is 2.17. The Morgan fingerprint density at radius 1 is 1.73 bits per heavy atom. The van der Waals surface area contributed by atoms with Crippen LogP contribution in [0.25, 0.3) is 0 Å². The SMILES string of the molecule is O=c1[nH]ncc(OCC2CCCO2)c1Cl. The van der Waals surface area contributed by atoms with E-state index in [9.17, 15) is 4.79 Å². The van der Waals surface area contributed by atoms with E-state index in [1.807, 2.05) is 0 Å². The van der Waals surface area contributed by atoms with Gasteiger partial charge in [0.25, 0.3) is 5.56 Å². The van der Waals surface area contributed by atoms with Crippen LogP contribution in [0.1, 0.15) is 12.8 Å². The summed E-state index contributed by atoms with van der Waals surface area (Å²) in [6.45, 7) is 1.18. The summed E-state index contributed by atoms with van der Waals surface area (Å²) in [6.07, 6.45) is 3.52. The van der Waals surface area contributed by atoms with Crippen LogP contribution in [0.2, 0.25) is 5.02 Å². The van der Waals surface area contributed by atoms with Crippen molar-refractivity contribution in [2.75, 3.05) is 13.2 Å². The third-order valence-electron chi connectivity index (χ3n) is 2.21. The predicted molar refractivity (Wildman–Crippen MR) is 54.3 cm³/mol. The molecular formula is C9H11ClN2O3. The molecule has 1 aromatic rings. The number of nitrogens with zero attached hydrogens (tertiary/aromatic N) is 1. The largest absolute Gasteiger partial charge is 0.487 e. The first-order valence-electron chi connectivity index (χ1n) is 4.75. The standard InChI is InChI=1S/C9H11ClN2O3/c10-8-7(4-11-12-9(8)13)15-5-6-2-1-3-14-6/h4,6H,1-3,5H2,(H,12,13). The highest BCUT2D eigenvalue weighted by molar-refractivity contribution is 6.31. The smallest absolute Gasteiger partial charge is 0.286 e. The van der Waals surface area contributed by atoms with E-state index in [1.165, 1.54) is 6.20 Å². The quantitative estimate of drug-likeness (QED) is 0.841. The van der Waals surface area contributed by atoms with Gasteiger partial charge in [-0.3, -0.25) is 4.79 Å². The fraction of sp³-hybridized carbons (Fsp3) is 0.556. The number of hydrogen-bond donors (Lipinski definition) is 1. The Labute approximate surface area is 91.3 Å². The molecule has 15 heavy (non-hydrogen) atoms. The van der Waals surface area contributed by atoms with Crippen molar-refractivity contribution in [1.82, 2.24) is 10.2 Å². The van der Waals surface area contributed by atoms with Crippen LogP contribution in [0.15, 0.2) is 11.0 Å². The lowest BCUT2D eigenvalue weighted by atomic mass is 10.2. The van der Waals surface area contributed by atoms with Gasteiger partial charge in [-0.2, -0.15) is 5.10 Å². The zero-order valence-corrected chi connectivity index (χ0v) is 8.79. The molecule has 0 amide bonds. The second kappa shape index (κ2) is 4.63. The fourth-order valence-electron chi connectivity index (χ4n) is 1.43. The summed E-state index contributed by atoms with van der Waals surface area (Å²) in [5.41, 5.74) is -0.443. The average Bonchev–Trinajstić information content (AvgIpc) is 2.73. The van der Waals surface area contributed by atoms with Gasteiger partial charge in [-0.1, -0.05) is 11.6 Å². The molecule has 5 nitrogen and oxygen atoms in total. The van der Waals surface area contributed by atoms with E-state index in [1.54, 1.807) is 0 Å². The topological polar surface area (TPSA) is 64.2 Å². The molecule has 0 saturated carbocycles. The van der Waals surface area contributed by atoms with Gasteiger partial charge in [0, 0.05) is 6.61 Å². The molecule has 1 N–H and O–H groups in total. The van der Waals surface area contributed by atoms with E-state index in [4.69, 9.17) is 21.1 Å². The molecule has 6 heteroatoms. The van der Waals surface area contributed by atoms with Crippen molar-refractivity contribution in [1.29, 1.82) is 0 Å². The maximum Gasteiger partial charge on any atom is 0.286 e. The lowest BCUT2D eigenvalue weighted by Crippen LogP contribution is -2.18. The van der Waals surface area contributed by atoms with Gasteiger partial charge in [0.1, 0.15) is 6.61 Å². The van der Waals surface area contributed by atoms with Gasteiger partial charge in [0.05, 0.1) is 12.3 Å². The van der Waals surface area contributed by atoms with Gasteiger partial charge in [-0.25, -0.2) is 5.10 Å². The number of nitrogens with one attached hydrogen (secondary N) is 1. The van der Waals surface area contributed by atoms with E-state index in [0.717, 1.165) is 19.4 Å². The van der Waals surface area contributed by atoms with Crippen LogP contribution in [-0.2, 0) is 4.74 Å². The Morgan fingerprint density at radius 2 is 2.60 bits per heavy atom. The molecule has 2 rings (SSSR count). The fourth-order valence-corrected chi connectivity index (χ4v) is 1.57. The predicted octanol–water partition coefficient (Wildman–Crippen LogP) is 0.981. The molecule has 82 valence electrons. The van der Waals surface area contributed by atoms with Gasteiger partial charge >= 0.3 is 0 Å². The molecule has 0 aliphatic carbocycles. The van der Waals surface area contributed by atoms with Gasteiger partial charge in [0.15, 0.2) is 10.8 Å². The minimum absolute atomic E-state index is 0.0306. The number of aromatic amines is 1. The molecule has 1 saturated heterocycles. The Bertz CT molecular complexity index is 387. The summed E-state index contributed by atoms with van der Waals surface area (Å²) < 4.78 is 10.7. The molecule has 1 atom stereocenters. The van der Waals surface area contributed by atoms with Crippen LogP contribution in [0.3, 0.4) is 0 Å². The molecule has 0 spiro atoms. The van der Waals surface area contributed by atoms with Crippen molar-refractivity contribution in [2.24, 2.45) is 0 Å². The number of hydrogen-bond acceptors (Lipinski definition) is 4. The summed E-state index contributed by atoms with van der Waals surface area (Å²) in [5.74, 6) is 0.302. The van der Waals surface area contributed by atoms with Crippen LogP contribution >= 0.6 is 11.6 Å². The molecule has 1 fully saturated rings. The van der Waals surface area contributed by atoms with Crippen LogP contribution in [-0.4, -0.2) is 29.5 Å². The lowest BCUT2D eigenvalue weighted by molar-refractivity contribution is 0.0677. The lowest BCUT2D eigenvalue weighted by Gasteiger charge is -2.11. The monoisotopic (exact) mass is 230 g/mol. The second-order valence-corrected chi connectivity index (χ2v) is 3.70. The van der Waals surface area contributed by atoms with Crippen LogP contribution in [0.5, 0.6) is 5.75 Å². The minimum Gasteiger partial charge on any atom is -0.487 e. The normalized spacial score (nSPS) is 20.5. The van der Waals surface area contributed by atoms with Crippen LogP contribution in [0.4, 0.5) is 0 Å². The van der Waals surface area contributed by atoms with Crippen molar-refractivity contribution in [3.8, 4) is 5.75 Å². The highest BCUT2D eigenvalue weighted by atomic mass is 35.5. The molecule has 1 aliphatic heterocycles. The first-order valence-corrected chi connectivity index (χ1v) is 5.13. The number of halogens is 1. The van der Waals surface area contributed by atoms with Gasteiger partial charge in [-0.15, -0.1) is 0 Å². The Balaban J connectivity index is 1.98. The Kier molecular flexibility index (Phi) is 3.23. The highest BCUT2D eigenvalue weighted by Crippen LogP contribution is 2.19. The van der Waals surface area contributed by atoms with E-state index >= 15 is 0 Å². The zero-order valence-electron chi connectivity index (χ0n) is 8.03. The molecule has 2 heterocycles. The van der Waals surface area contributed by atoms with Crippen molar-refractivity contribution in [3.63, 3.8) is 0 Å². The summed E-state index contributed by atoms with van der Waals surface area (Å²) in [5, 5.41) is 5.85. The zero-order chi connectivity index (χ0) is 10.7. The average molecular weight is 231 g/mol. The van der Waals surface area contributed by atoms with Crippen molar-refractivity contribution in [3.05, 3.63) is 21.6 Å². The summed E-state index contributed by atoms with van der Waals surface area (Å²) in [6, 6.07) is 0. The molecule has 1 aliphatic rings. The van der Waals surface area contributed by atoms with E-state index in [2.05, 4.69) is 10.2 Å². The molecule has 1 aromatic heterocycles. The van der Waals surface area contributed by atoms with Crippen molar-refractivity contribution >= 4 is 11.6 Å². The second-order valence-electron chi connectivity index (χ2n) is 3.32. The number of H-pyrrole nitrogens is 1. The summed E-state index contributed by atoms with van der Waals surface area (Å²) in [7, 11) is 0. The van der Waals surface area contributed by atoms with Gasteiger partial charge < -0.3 is 9.47 Å². The van der Waals surface area contributed by atoms with E-state index < -0.39 is 5.56 Å². The molecule has 0 bridgehead atoms. The third-order valence-corrected chi connectivity index (χ3v) is 2.57. The van der Waals surface area contributed by atoms with Crippen molar-refractivity contribution < 1.29 is 9.47 Å². The maximum absolute atomic E-state index is 11.1. The third kappa shape index (κ3) is 2.49. The maximum atomic E-state index is 11.1. The Morgan fingerprint density at radius 3 is 3.33 bits per heavy atom. The summed E-state index contributed by atoms with van der Waals surface area (Å²) >= 11 is 5.73. The van der Waals surface area contributed by atoms with Crippen LogP contribution in [0, 0.1) is 0 Å². The number of ether oxygens (including phenoxy) is 2. The molecular weight excluding hydrogens is 220 g/mol. The minimum atomic E-state index is -0.443. The number of aromatic nitrogens is 2.